The molecule has 0 unspecified atom stereocenters. The number of benzene rings is 2. The van der Waals surface area contributed by atoms with Gasteiger partial charge in [0.15, 0.2) is 0 Å². The smallest absolute Gasteiger partial charge is 0.255 e. The third-order valence-corrected chi connectivity index (χ3v) is 3.28. The number of carbonyl (C=O) groups is 1. The number of fused-ring (bicyclic) bond motifs is 1. The van der Waals surface area contributed by atoms with Gasteiger partial charge in [0, 0.05) is 29.9 Å². The van der Waals surface area contributed by atoms with Gasteiger partial charge in [0.05, 0.1) is 5.52 Å². The van der Waals surface area contributed by atoms with Crippen LogP contribution in [0.3, 0.4) is 0 Å². The second-order valence-corrected chi connectivity index (χ2v) is 4.85. The molecule has 1 amide bonds. The minimum Gasteiger partial charge on any atom is -0.322 e. The van der Waals surface area contributed by atoms with Crippen molar-refractivity contribution in [3.63, 3.8) is 0 Å². The average molecular weight is 265 g/mol. The van der Waals surface area contributed by atoms with Crippen molar-refractivity contribution in [3.8, 4) is 0 Å². The number of hydrogen-bond acceptors (Lipinski definition) is 2. The number of carbonyl (C=O) groups excluding carboxylic acids is 1. The van der Waals surface area contributed by atoms with Gasteiger partial charge in [-0.25, -0.2) is 0 Å². The highest BCUT2D eigenvalue weighted by atomic mass is 16.1. The summed E-state index contributed by atoms with van der Waals surface area (Å²) >= 11 is 0. The van der Waals surface area contributed by atoms with Gasteiger partial charge in [-0.1, -0.05) is 24.3 Å². The Morgan fingerprint density at radius 1 is 1.20 bits per heavy atom. The molecule has 100 valence electrons. The number of para-hydroxylation sites is 1. The molecule has 0 aliphatic rings. The monoisotopic (exact) mass is 265 g/mol. The summed E-state index contributed by atoms with van der Waals surface area (Å²) in [5.41, 5.74) is 3.31. The summed E-state index contributed by atoms with van der Waals surface area (Å²) in [6, 6.07) is 13.3. The van der Waals surface area contributed by atoms with Crippen LogP contribution in [0.15, 0.2) is 48.7 Å². The first-order chi connectivity index (χ1) is 9.63. The van der Waals surface area contributed by atoms with E-state index in [0.29, 0.717) is 5.56 Å². The van der Waals surface area contributed by atoms with Crippen molar-refractivity contribution in [1.82, 2.24) is 9.78 Å². The van der Waals surface area contributed by atoms with Gasteiger partial charge in [-0.3, -0.25) is 9.48 Å². The zero-order valence-electron chi connectivity index (χ0n) is 11.4. The molecule has 20 heavy (non-hydrogen) atoms. The second kappa shape index (κ2) is 4.81. The Labute approximate surface area is 117 Å². The summed E-state index contributed by atoms with van der Waals surface area (Å²) in [6.45, 7) is 1.97. The molecule has 0 radical (unpaired) electrons. The zero-order chi connectivity index (χ0) is 14.1. The molecule has 3 rings (SSSR count). The van der Waals surface area contributed by atoms with E-state index in [0.717, 1.165) is 22.2 Å². The average Bonchev–Trinajstić information content (AvgIpc) is 2.80. The SMILES string of the molecule is Cc1ccccc1NC(=O)c1ccc2cn(C)nc2c1. The van der Waals surface area contributed by atoms with E-state index in [1.54, 1.807) is 4.68 Å². The van der Waals surface area contributed by atoms with Crippen molar-refractivity contribution in [2.75, 3.05) is 5.32 Å². The Morgan fingerprint density at radius 3 is 2.80 bits per heavy atom. The predicted octanol–water partition coefficient (Wildman–Crippen LogP) is 3.13. The van der Waals surface area contributed by atoms with Crippen LogP contribution in [-0.4, -0.2) is 15.7 Å². The first-order valence-electron chi connectivity index (χ1n) is 6.44. The van der Waals surface area contributed by atoms with Gasteiger partial charge >= 0.3 is 0 Å². The summed E-state index contributed by atoms with van der Waals surface area (Å²) in [5, 5.41) is 8.27. The van der Waals surface area contributed by atoms with Gasteiger partial charge in [-0.15, -0.1) is 0 Å². The Bertz CT molecular complexity index is 789. The van der Waals surface area contributed by atoms with E-state index < -0.39 is 0 Å². The van der Waals surface area contributed by atoms with E-state index in [9.17, 15) is 4.79 Å². The molecule has 2 aromatic carbocycles. The molecule has 3 aromatic rings. The molecule has 0 saturated heterocycles. The Morgan fingerprint density at radius 2 is 2.00 bits per heavy atom. The highest BCUT2D eigenvalue weighted by molar-refractivity contribution is 6.06. The van der Waals surface area contributed by atoms with Crippen molar-refractivity contribution >= 4 is 22.5 Å². The first-order valence-corrected chi connectivity index (χ1v) is 6.44. The number of hydrogen-bond donors (Lipinski definition) is 1. The van der Waals surface area contributed by atoms with E-state index in [2.05, 4.69) is 10.4 Å². The fourth-order valence-electron chi connectivity index (χ4n) is 2.19. The minimum atomic E-state index is -0.119. The molecule has 0 spiro atoms. The van der Waals surface area contributed by atoms with Crippen LogP contribution in [0.5, 0.6) is 0 Å². The van der Waals surface area contributed by atoms with Gasteiger partial charge in [0.25, 0.3) is 5.91 Å². The van der Waals surface area contributed by atoms with Gasteiger partial charge < -0.3 is 5.32 Å². The lowest BCUT2D eigenvalue weighted by atomic mass is 10.1. The second-order valence-electron chi connectivity index (χ2n) is 4.85. The fraction of sp³-hybridized carbons (Fsp3) is 0.125. The molecule has 1 heterocycles. The van der Waals surface area contributed by atoms with Gasteiger partial charge in [-0.05, 0) is 30.7 Å². The molecule has 0 saturated carbocycles. The van der Waals surface area contributed by atoms with E-state index in [1.807, 2.05) is 62.6 Å². The number of nitrogens with zero attached hydrogens (tertiary/aromatic N) is 2. The Balaban J connectivity index is 1.90. The maximum atomic E-state index is 12.3. The van der Waals surface area contributed by atoms with Crippen LogP contribution < -0.4 is 5.32 Å². The third-order valence-electron chi connectivity index (χ3n) is 3.28. The van der Waals surface area contributed by atoms with E-state index in [4.69, 9.17) is 0 Å². The van der Waals surface area contributed by atoms with Crippen molar-refractivity contribution in [1.29, 1.82) is 0 Å². The van der Waals surface area contributed by atoms with E-state index in [1.165, 1.54) is 0 Å². The van der Waals surface area contributed by atoms with Crippen LogP contribution in [0, 0.1) is 6.92 Å². The zero-order valence-corrected chi connectivity index (χ0v) is 11.4. The molecular weight excluding hydrogens is 250 g/mol. The maximum absolute atomic E-state index is 12.3. The molecular formula is C16H15N3O. The van der Waals surface area contributed by atoms with Crippen LogP contribution in [0.2, 0.25) is 0 Å². The van der Waals surface area contributed by atoms with Crippen molar-refractivity contribution in [3.05, 3.63) is 59.8 Å². The standard InChI is InChI=1S/C16H15N3O/c1-11-5-3-4-6-14(11)17-16(20)12-7-8-13-10-19(2)18-15(13)9-12/h3-10H,1-2H3,(H,17,20). The molecule has 1 N–H and O–H groups in total. The Kier molecular flexibility index (Phi) is 2.99. The van der Waals surface area contributed by atoms with Crippen LogP contribution in [0.25, 0.3) is 10.9 Å². The molecule has 0 aliphatic carbocycles. The fourth-order valence-corrected chi connectivity index (χ4v) is 2.19. The predicted molar refractivity (Wildman–Crippen MR) is 79.8 cm³/mol. The molecule has 4 nitrogen and oxygen atoms in total. The van der Waals surface area contributed by atoms with Gasteiger partial charge in [0.2, 0.25) is 0 Å². The maximum Gasteiger partial charge on any atom is 0.255 e. The van der Waals surface area contributed by atoms with Crippen LogP contribution in [-0.2, 0) is 7.05 Å². The van der Waals surface area contributed by atoms with Crippen LogP contribution in [0.1, 0.15) is 15.9 Å². The lowest BCUT2D eigenvalue weighted by Crippen LogP contribution is -2.12. The van der Waals surface area contributed by atoms with E-state index >= 15 is 0 Å². The molecule has 4 heteroatoms. The number of nitrogens with one attached hydrogen (secondary N) is 1. The van der Waals surface area contributed by atoms with Gasteiger partial charge in [-0.2, -0.15) is 5.10 Å². The topological polar surface area (TPSA) is 46.9 Å². The number of amides is 1. The highest BCUT2D eigenvalue weighted by Crippen LogP contribution is 2.17. The number of anilines is 1. The normalized spacial score (nSPS) is 10.7. The summed E-state index contributed by atoms with van der Waals surface area (Å²) in [7, 11) is 1.87. The first kappa shape index (κ1) is 12.4. The van der Waals surface area contributed by atoms with Gasteiger partial charge in [0.1, 0.15) is 0 Å². The number of rotatable bonds is 2. The number of aryl methyl sites for hydroxylation is 2. The third kappa shape index (κ3) is 2.28. The van der Waals surface area contributed by atoms with Crippen molar-refractivity contribution < 1.29 is 4.79 Å². The Hall–Kier alpha value is -2.62. The largest absolute Gasteiger partial charge is 0.322 e. The molecule has 0 aliphatic heterocycles. The molecule has 0 fully saturated rings. The summed E-state index contributed by atoms with van der Waals surface area (Å²) in [5.74, 6) is -0.119. The molecule has 0 atom stereocenters. The highest BCUT2D eigenvalue weighted by Gasteiger charge is 2.09. The molecule has 0 bridgehead atoms. The van der Waals surface area contributed by atoms with Crippen molar-refractivity contribution in [2.24, 2.45) is 7.05 Å². The lowest BCUT2D eigenvalue weighted by molar-refractivity contribution is 0.102. The molecule has 1 aromatic heterocycles. The quantitative estimate of drug-likeness (QED) is 0.773. The van der Waals surface area contributed by atoms with Crippen LogP contribution in [0.4, 0.5) is 5.69 Å². The van der Waals surface area contributed by atoms with Crippen LogP contribution >= 0.6 is 0 Å². The summed E-state index contributed by atoms with van der Waals surface area (Å²) < 4.78 is 1.74. The number of aromatic nitrogens is 2. The summed E-state index contributed by atoms with van der Waals surface area (Å²) in [6.07, 6.45) is 1.93. The summed E-state index contributed by atoms with van der Waals surface area (Å²) in [4.78, 5) is 12.3. The lowest BCUT2D eigenvalue weighted by Gasteiger charge is -2.07. The van der Waals surface area contributed by atoms with E-state index in [-0.39, 0.29) is 5.91 Å². The minimum absolute atomic E-state index is 0.119. The van der Waals surface area contributed by atoms with Crippen molar-refractivity contribution in [2.45, 2.75) is 6.92 Å².